The second kappa shape index (κ2) is 7.30. The van der Waals surface area contributed by atoms with Crippen LogP contribution in [-0.2, 0) is 12.5 Å². The van der Waals surface area contributed by atoms with Gasteiger partial charge in [-0.2, -0.15) is 4.80 Å². The first-order chi connectivity index (χ1) is 12.8. The monoisotopic (exact) mass is 373 g/mol. The summed E-state index contributed by atoms with van der Waals surface area (Å²) in [5.41, 5.74) is 2.27. The van der Waals surface area contributed by atoms with E-state index < -0.39 is 5.92 Å². The Hall–Kier alpha value is -3.03. The van der Waals surface area contributed by atoms with E-state index in [0.717, 1.165) is 23.9 Å². The summed E-state index contributed by atoms with van der Waals surface area (Å²) >= 11 is 0. The first-order valence-electron chi connectivity index (χ1n) is 8.51. The Bertz CT molecular complexity index is 919. The molecule has 8 heteroatoms. The normalized spacial score (nSPS) is 11.5. The third-order valence-corrected chi connectivity index (χ3v) is 4.30. The zero-order valence-corrected chi connectivity index (χ0v) is 15.6. The molecule has 142 valence electrons. The first kappa shape index (κ1) is 18.8. The lowest BCUT2D eigenvalue weighted by Gasteiger charge is -2.23. The highest BCUT2D eigenvalue weighted by molar-refractivity contribution is 5.80. The van der Waals surface area contributed by atoms with E-state index in [1.54, 1.807) is 19.2 Å². The van der Waals surface area contributed by atoms with Gasteiger partial charge in [0.1, 0.15) is 5.75 Å². The topological polar surface area (TPSA) is 56.1 Å². The summed E-state index contributed by atoms with van der Waals surface area (Å²) in [6, 6.07) is 11.7. The average Bonchev–Trinajstić information content (AvgIpc) is 3.15. The quantitative estimate of drug-likeness (QED) is 0.647. The minimum absolute atomic E-state index is 0.0296. The van der Waals surface area contributed by atoms with Crippen molar-refractivity contribution >= 4 is 11.4 Å². The lowest BCUT2D eigenvalue weighted by Crippen LogP contribution is -2.12. The van der Waals surface area contributed by atoms with Crippen LogP contribution in [0.5, 0.6) is 5.75 Å². The maximum absolute atomic E-state index is 13.5. The lowest BCUT2D eigenvalue weighted by atomic mass is 10.1. The third-order valence-electron chi connectivity index (χ3n) is 4.30. The highest BCUT2D eigenvalue weighted by Crippen LogP contribution is 2.36. The minimum Gasteiger partial charge on any atom is -0.497 e. The molecule has 27 heavy (non-hydrogen) atoms. The van der Waals surface area contributed by atoms with Crippen molar-refractivity contribution in [2.45, 2.75) is 26.3 Å². The maximum Gasteiger partial charge on any atom is 0.270 e. The van der Waals surface area contributed by atoms with Gasteiger partial charge in [-0.15, -0.1) is 10.2 Å². The Morgan fingerprint density at radius 1 is 1.15 bits per heavy atom. The van der Waals surface area contributed by atoms with Crippen molar-refractivity contribution in [3.05, 3.63) is 48.0 Å². The number of anilines is 2. The number of rotatable bonds is 6. The summed E-state index contributed by atoms with van der Waals surface area (Å²) in [6.07, 6.45) is 0. The molecule has 3 aromatic rings. The van der Waals surface area contributed by atoms with Crippen molar-refractivity contribution in [3.63, 3.8) is 0 Å². The van der Waals surface area contributed by atoms with E-state index in [1.807, 2.05) is 37.1 Å². The van der Waals surface area contributed by atoms with Crippen molar-refractivity contribution in [2.75, 3.05) is 19.1 Å². The minimum atomic E-state index is -2.87. The standard InChI is InChI=1S/C19H21F2N5O/c1-5-26-23-18(22-24-26)16-11-10-15(27-4)12-17(16)25(3)14-8-6-13(7-9-14)19(2,20)21/h6-12H,5H2,1-4H3. The average molecular weight is 373 g/mol. The number of hydrogen-bond acceptors (Lipinski definition) is 5. The van der Waals surface area contributed by atoms with Crippen LogP contribution in [0.15, 0.2) is 42.5 Å². The van der Waals surface area contributed by atoms with Crippen LogP contribution >= 0.6 is 0 Å². The van der Waals surface area contributed by atoms with Gasteiger partial charge in [-0.1, -0.05) is 12.1 Å². The van der Waals surface area contributed by atoms with Crippen LogP contribution < -0.4 is 9.64 Å². The maximum atomic E-state index is 13.5. The van der Waals surface area contributed by atoms with Crippen LogP contribution in [0.1, 0.15) is 19.4 Å². The number of benzene rings is 2. The molecule has 6 nitrogen and oxygen atoms in total. The van der Waals surface area contributed by atoms with Crippen LogP contribution in [-0.4, -0.2) is 34.4 Å². The Balaban J connectivity index is 2.03. The molecular formula is C19H21F2N5O. The largest absolute Gasteiger partial charge is 0.497 e. The molecule has 0 saturated carbocycles. The van der Waals surface area contributed by atoms with Crippen molar-refractivity contribution < 1.29 is 13.5 Å². The van der Waals surface area contributed by atoms with Gasteiger partial charge < -0.3 is 9.64 Å². The molecule has 3 rings (SSSR count). The number of aromatic nitrogens is 4. The molecule has 1 aromatic heterocycles. The summed E-state index contributed by atoms with van der Waals surface area (Å²) in [7, 11) is 3.43. The van der Waals surface area contributed by atoms with Crippen LogP contribution in [0, 0.1) is 0 Å². The number of halogens is 2. The zero-order chi connectivity index (χ0) is 19.6. The molecule has 0 aliphatic rings. The van der Waals surface area contributed by atoms with Gasteiger partial charge in [-0.3, -0.25) is 0 Å². The van der Waals surface area contributed by atoms with Gasteiger partial charge in [0.25, 0.3) is 5.92 Å². The second-order valence-corrected chi connectivity index (χ2v) is 6.18. The van der Waals surface area contributed by atoms with Crippen LogP contribution in [0.2, 0.25) is 0 Å². The predicted octanol–water partition coefficient (Wildman–Crippen LogP) is 4.25. The molecule has 0 fully saturated rings. The van der Waals surface area contributed by atoms with E-state index in [9.17, 15) is 8.78 Å². The Morgan fingerprint density at radius 3 is 2.41 bits per heavy atom. The summed E-state index contributed by atoms with van der Waals surface area (Å²) in [5.74, 6) is -1.72. The molecule has 0 atom stereocenters. The van der Waals surface area contributed by atoms with Crippen molar-refractivity contribution in [1.82, 2.24) is 20.2 Å². The second-order valence-electron chi connectivity index (χ2n) is 6.18. The van der Waals surface area contributed by atoms with E-state index in [2.05, 4.69) is 15.4 Å². The summed E-state index contributed by atoms with van der Waals surface area (Å²) in [4.78, 5) is 3.38. The number of tetrazole rings is 1. The van der Waals surface area contributed by atoms with Crippen molar-refractivity contribution in [2.24, 2.45) is 0 Å². The summed E-state index contributed by atoms with van der Waals surface area (Å²) < 4.78 is 32.3. The van der Waals surface area contributed by atoms with Crippen LogP contribution in [0.4, 0.5) is 20.2 Å². The van der Waals surface area contributed by atoms with Crippen molar-refractivity contribution in [1.29, 1.82) is 0 Å². The van der Waals surface area contributed by atoms with Gasteiger partial charge in [0.2, 0.25) is 5.82 Å². The van der Waals surface area contributed by atoms with Gasteiger partial charge >= 0.3 is 0 Å². The molecule has 0 aliphatic carbocycles. The van der Waals surface area contributed by atoms with Gasteiger partial charge in [0, 0.05) is 36.9 Å². The van der Waals surface area contributed by atoms with Gasteiger partial charge in [0.05, 0.1) is 19.3 Å². The fourth-order valence-corrected chi connectivity index (χ4v) is 2.71. The number of alkyl halides is 2. The molecule has 2 aromatic carbocycles. The number of hydrogen-bond donors (Lipinski definition) is 0. The molecule has 0 saturated heterocycles. The van der Waals surface area contributed by atoms with E-state index in [1.165, 1.54) is 16.9 Å². The molecule has 0 spiro atoms. The molecule has 0 aliphatic heterocycles. The third kappa shape index (κ3) is 3.89. The van der Waals surface area contributed by atoms with E-state index in [0.29, 0.717) is 18.1 Å². The molecule has 0 radical (unpaired) electrons. The molecule has 0 amide bonds. The van der Waals surface area contributed by atoms with Crippen LogP contribution in [0.3, 0.4) is 0 Å². The van der Waals surface area contributed by atoms with Gasteiger partial charge in [-0.05, 0) is 36.4 Å². The lowest BCUT2D eigenvalue weighted by molar-refractivity contribution is 0.0175. The number of aryl methyl sites for hydroxylation is 1. The van der Waals surface area contributed by atoms with E-state index in [-0.39, 0.29) is 5.56 Å². The summed E-state index contributed by atoms with van der Waals surface area (Å²) in [6.45, 7) is 3.42. The number of methoxy groups -OCH3 is 1. The Morgan fingerprint density at radius 2 is 1.85 bits per heavy atom. The molecule has 0 unspecified atom stereocenters. The van der Waals surface area contributed by atoms with Gasteiger partial charge in [0.15, 0.2) is 0 Å². The Kier molecular flexibility index (Phi) is 5.07. The van der Waals surface area contributed by atoms with Gasteiger partial charge in [-0.25, -0.2) is 8.78 Å². The fourth-order valence-electron chi connectivity index (χ4n) is 2.71. The molecule has 0 N–H and O–H groups in total. The number of nitrogens with zero attached hydrogens (tertiary/aromatic N) is 5. The van der Waals surface area contributed by atoms with Crippen molar-refractivity contribution in [3.8, 4) is 17.1 Å². The SMILES string of the molecule is CCn1nnc(-c2ccc(OC)cc2N(C)c2ccc(C(C)(F)F)cc2)n1. The number of ether oxygens (including phenoxy) is 1. The van der Waals surface area contributed by atoms with E-state index >= 15 is 0 Å². The smallest absolute Gasteiger partial charge is 0.270 e. The Labute approximate surface area is 156 Å². The first-order valence-corrected chi connectivity index (χ1v) is 8.51. The highest BCUT2D eigenvalue weighted by atomic mass is 19.3. The highest BCUT2D eigenvalue weighted by Gasteiger charge is 2.24. The van der Waals surface area contributed by atoms with Crippen LogP contribution in [0.25, 0.3) is 11.4 Å². The predicted molar refractivity (Wildman–Crippen MR) is 99.6 cm³/mol. The summed E-state index contributed by atoms with van der Waals surface area (Å²) in [5, 5.41) is 12.5. The molecule has 1 heterocycles. The fraction of sp³-hybridized carbons (Fsp3) is 0.316. The molecular weight excluding hydrogens is 352 g/mol. The molecule has 0 bridgehead atoms. The zero-order valence-electron chi connectivity index (χ0n) is 15.6. The van der Waals surface area contributed by atoms with E-state index in [4.69, 9.17) is 4.74 Å².